The van der Waals surface area contributed by atoms with Crippen molar-refractivity contribution in [2.45, 2.75) is 17.7 Å². The number of thioether (sulfide) groups is 1. The molecule has 7 heteroatoms. The average molecular weight is 397 g/mol. The lowest BCUT2D eigenvalue weighted by atomic mass is 10.2. The standard InChI is InChI=1S/C16H11BrF2N2OS/c17-9-5-6-11-12(7-9)21-14(20-11)8-23-15(21)10-3-1-2-4-13(10)22-16(18)19/h1-7,15-16H,8H2. The van der Waals surface area contributed by atoms with Crippen molar-refractivity contribution in [3.05, 3.63) is 58.3 Å². The molecule has 0 bridgehead atoms. The van der Waals surface area contributed by atoms with Gasteiger partial charge in [0, 0.05) is 10.0 Å². The summed E-state index contributed by atoms with van der Waals surface area (Å²) in [6.07, 6.45) is 0. The van der Waals surface area contributed by atoms with E-state index in [0.717, 1.165) is 32.6 Å². The zero-order chi connectivity index (χ0) is 16.0. The monoisotopic (exact) mass is 396 g/mol. The predicted octanol–water partition coefficient (Wildman–Crippen LogP) is 5.19. The minimum absolute atomic E-state index is 0.126. The number of alkyl halides is 2. The first-order valence-electron chi connectivity index (χ1n) is 6.95. The van der Waals surface area contributed by atoms with Crippen LogP contribution < -0.4 is 4.74 Å². The van der Waals surface area contributed by atoms with E-state index in [1.54, 1.807) is 23.9 Å². The van der Waals surface area contributed by atoms with Crippen molar-refractivity contribution < 1.29 is 13.5 Å². The number of ether oxygens (including phenoxy) is 1. The van der Waals surface area contributed by atoms with Crippen LogP contribution in [0.15, 0.2) is 46.9 Å². The Morgan fingerprint density at radius 3 is 2.91 bits per heavy atom. The number of hydrogen-bond acceptors (Lipinski definition) is 3. The number of halogens is 3. The molecular formula is C16H11BrF2N2OS. The van der Waals surface area contributed by atoms with E-state index in [1.165, 1.54) is 0 Å². The summed E-state index contributed by atoms with van der Waals surface area (Å²) in [7, 11) is 0. The highest BCUT2D eigenvalue weighted by atomic mass is 79.9. The molecule has 1 aliphatic heterocycles. The van der Waals surface area contributed by atoms with Crippen LogP contribution in [0, 0.1) is 0 Å². The highest BCUT2D eigenvalue weighted by Gasteiger charge is 2.30. The minimum atomic E-state index is -2.84. The van der Waals surface area contributed by atoms with Crippen LogP contribution in [0.25, 0.3) is 11.0 Å². The third-order valence-corrected chi connectivity index (χ3v) is 5.43. The quantitative estimate of drug-likeness (QED) is 0.609. The lowest BCUT2D eigenvalue weighted by Gasteiger charge is -2.18. The Hall–Kier alpha value is -1.60. The van der Waals surface area contributed by atoms with E-state index >= 15 is 0 Å². The number of aromatic nitrogens is 2. The van der Waals surface area contributed by atoms with Crippen LogP contribution in [0.5, 0.6) is 5.75 Å². The van der Waals surface area contributed by atoms with Crippen LogP contribution in [-0.2, 0) is 5.75 Å². The Kier molecular flexibility index (Phi) is 3.77. The van der Waals surface area contributed by atoms with Crippen molar-refractivity contribution in [3.8, 4) is 5.75 Å². The molecule has 0 saturated carbocycles. The maximum atomic E-state index is 12.7. The summed E-state index contributed by atoms with van der Waals surface area (Å²) in [5, 5.41) is -0.126. The molecule has 4 rings (SSSR count). The number of rotatable bonds is 3. The lowest BCUT2D eigenvalue weighted by molar-refractivity contribution is -0.0504. The molecule has 0 N–H and O–H groups in total. The van der Waals surface area contributed by atoms with Crippen LogP contribution >= 0.6 is 27.7 Å². The van der Waals surface area contributed by atoms with Crippen LogP contribution in [-0.4, -0.2) is 16.2 Å². The molecule has 0 radical (unpaired) electrons. The molecule has 1 unspecified atom stereocenters. The van der Waals surface area contributed by atoms with Crippen LogP contribution in [0.4, 0.5) is 8.78 Å². The molecule has 3 nitrogen and oxygen atoms in total. The van der Waals surface area contributed by atoms with E-state index in [2.05, 4.69) is 25.5 Å². The third kappa shape index (κ3) is 2.61. The van der Waals surface area contributed by atoms with Gasteiger partial charge in [-0.2, -0.15) is 8.78 Å². The van der Waals surface area contributed by atoms with Crippen molar-refractivity contribution in [1.29, 1.82) is 0 Å². The van der Waals surface area contributed by atoms with E-state index in [-0.39, 0.29) is 11.1 Å². The highest BCUT2D eigenvalue weighted by Crippen LogP contribution is 2.45. The number of nitrogens with zero attached hydrogens (tertiary/aromatic N) is 2. The number of fused-ring (bicyclic) bond motifs is 3. The summed E-state index contributed by atoms with van der Waals surface area (Å²) in [5.74, 6) is 1.89. The van der Waals surface area contributed by atoms with Gasteiger partial charge in [0.15, 0.2) is 0 Å². The van der Waals surface area contributed by atoms with Gasteiger partial charge >= 0.3 is 6.61 Å². The number of imidazole rings is 1. The molecule has 2 heterocycles. The Morgan fingerprint density at radius 2 is 2.09 bits per heavy atom. The smallest absolute Gasteiger partial charge is 0.387 e. The minimum Gasteiger partial charge on any atom is -0.434 e. The Morgan fingerprint density at radius 1 is 1.26 bits per heavy atom. The fourth-order valence-electron chi connectivity index (χ4n) is 2.82. The van der Waals surface area contributed by atoms with Crippen molar-refractivity contribution in [1.82, 2.24) is 9.55 Å². The van der Waals surface area contributed by atoms with Gasteiger partial charge in [0.25, 0.3) is 0 Å². The van der Waals surface area contributed by atoms with E-state index < -0.39 is 6.61 Å². The van der Waals surface area contributed by atoms with Gasteiger partial charge < -0.3 is 9.30 Å². The summed E-state index contributed by atoms with van der Waals surface area (Å²) in [6, 6.07) is 12.8. The first-order chi connectivity index (χ1) is 11.1. The van der Waals surface area contributed by atoms with Gasteiger partial charge in [-0.1, -0.05) is 34.1 Å². The average Bonchev–Trinajstić information content (AvgIpc) is 3.06. The number of benzene rings is 2. The molecule has 23 heavy (non-hydrogen) atoms. The molecule has 0 spiro atoms. The largest absolute Gasteiger partial charge is 0.434 e. The molecule has 3 aromatic rings. The fourth-order valence-corrected chi connectivity index (χ4v) is 4.44. The maximum Gasteiger partial charge on any atom is 0.387 e. The first-order valence-corrected chi connectivity index (χ1v) is 8.79. The number of hydrogen-bond donors (Lipinski definition) is 0. The lowest BCUT2D eigenvalue weighted by Crippen LogP contribution is -2.09. The Balaban J connectivity index is 1.85. The second-order valence-corrected chi connectivity index (χ2v) is 7.09. The second kappa shape index (κ2) is 5.79. The first kappa shape index (κ1) is 15.0. The molecular weight excluding hydrogens is 386 g/mol. The van der Waals surface area contributed by atoms with Crippen LogP contribution in [0.1, 0.15) is 16.8 Å². The molecule has 1 atom stereocenters. The van der Waals surface area contributed by atoms with Crippen molar-refractivity contribution in [2.75, 3.05) is 0 Å². The van der Waals surface area contributed by atoms with Crippen molar-refractivity contribution in [3.63, 3.8) is 0 Å². The van der Waals surface area contributed by atoms with Gasteiger partial charge in [0.2, 0.25) is 0 Å². The summed E-state index contributed by atoms with van der Waals surface area (Å²) >= 11 is 5.13. The molecule has 1 aliphatic rings. The summed E-state index contributed by atoms with van der Waals surface area (Å²) in [4.78, 5) is 4.63. The van der Waals surface area contributed by atoms with E-state index in [4.69, 9.17) is 4.74 Å². The van der Waals surface area contributed by atoms with Gasteiger partial charge in [0.05, 0.1) is 16.8 Å². The molecule has 118 valence electrons. The van der Waals surface area contributed by atoms with Crippen LogP contribution in [0.2, 0.25) is 0 Å². The predicted molar refractivity (Wildman–Crippen MR) is 89.9 cm³/mol. The molecule has 1 aromatic heterocycles. The van der Waals surface area contributed by atoms with Crippen LogP contribution in [0.3, 0.4) is 0 Å². The van der Waals surface area contributed by atoms with Gasteiger partial charge in [-0.3, -0.25) is 0 Å². The summed E-state index contributed by atoms with van der Waals surface area (Å²) in [6.45, 7) is -2.84. The highest BCUT2D eigenvalue weighted by molar-refractivity contribution is 9.10. The zero-order valence-corrected chi connectivity index (χ0v) is 14.2. The molecule has 2 aromatic carbocycles. The van der Waals surface area contributed by atoms with E-state index in [1.807, 2.05) is 30.3 Å². The van der Waals surface area contributed by atoms with Gasteiger partial charge in [-0.25, -0.2) is 4.98 Å². The van der Waals surface area contributed by atoms with Crippen molar-refractivity contribution in [2.24, 2.45) is 0 Å². The molecule has 0 aliphatic carbocycles. The van der Waals surface area contributed by atoms with Gasteiger partial charge in [-0.05, 0) is 24.3 Å². The Labute approximate surface area is 143 Å². The molecule has 0 amide bonds. The van der Waals surface area contributed by atoms with E-state index in [0.29, 0.717) is 0 Å². The molecule has 0 fully saturated rings. The zero-order valence-electron chi connectivity index (χ0n) is 11.7. The topological polar surface area (TPSA) is 27.1 Å². The maximum absolute atomic E-state index is 12.7. The van der Waals surface area contributed by atoms with E-state index in [9.17, 15) is 8.78 Å². The SMILES string of the molecule is FC(F)Oc1ccccc1C1SCc2nc3ccc(Br)cc3n21. The van der Waals surface area contributed by atoms with Gasteiger partial charge in [-0.15, -0.1) is 11.8 Å². The molecule has 0 saturated heterocycles. The normalized spacial score (nSPS) is 17.0. The third-order valence-electron chi connectivity index (χ3n) is 3.73. The second-order valence-electron chi connectivity index (χ2n) is 5.11. The van der Waals surface area contributed by atoms with Crippen molar-refractivity contribution >= 4 is 38.7 Å². The summed E-state index contributed by atoms with van der Waals surface area (Å²) < 4.78 is 33.1. The Bertz CT molecular complexity index is 884. The summed E-state index contributed by atoms with van der Waals surface area (Å²) in [5.41, 5.74) is 2.62. The number of para-hydroxylation sites is 1. The van der Waals surface area contributed by atoms with Gasteiger partial charge in [0.1, 0.15) is 16.9 Å². The fraction of sp³-hybridized carbons (Fsp3) is 0.188.